The van der Waals surface area contributed by atoms with Crippen LogP contribution in [-0.2, 0) is 4.79 Å². The fourth-order valence-corrected chi connectivity index (χ4v) is 1.49. The van der Waals surface area contributed by atoms with Crippen LogP contribution in [0.5, 0.6) is 0 Å². The van der Waals surface area contributed by atoms with Crippen molar-refractivity contribution in [2.75, 3.05) is 18.5 Å². The summed E-state index contributed by atoms with van der Waals surface area (Å²) in [5.41, 5.74) is 6.19. The highest BCUT2D eigenvalue weighted by Gasteiger charge is 2.14. The summed E-state index contributed by atoms with van der Waals surface area (Å²) in [4.78, 5) is 12.3. The summed E-state index contributed by atoms with van der Waals surface area (Å²) in [6.07, 6.45) is 0. The monoisotopic (exact) mass is 262 g/mol. The van der Waals surface area contributed by atoms with E-state index in [1.54, 1.807) is 30.1 Å². The molecule has 0 fully saturated rings. The van der Waals surface area contributed by atoms with Crippen LogP contribution in [0.4, 0.5) is 5.69 Å². The first kappa shape index (κ1) is 13.1. The normalized spacial score (nSPS) is 12.2. The molecule has 1 aromatic rings. The molecule has 3 N–H and O–H groups in total. The highest BCUT2D eigenvalue weighted by Crippen LogP contribution is 2.26. The van der Waals surface area contributed by atoms with Crippen LogP contribution in [0.25, 0.3) is 0 Å². The molecule has 0 saturated heterocycles. The second-order valence-electron chi connectivity index (χ2n) is 3.42. The second kappa shape index (κ2) is 5.39. The molecule has 0 aliphatic rings. The van der Waals surface area contributed by atoms with Crippen molar-refractivity contribution in [1.29, 1.82) is 0 Å². The topological polar surface area (TPSA) is 66.6 Å². The van der Waals surface area contributed by atoms with Crippen molar-refractivity contribution >= 4 is 34.9 Å². The third-order valence-electron chi connectivity index (χ3n) is 2.13. The van der Waals surface area contributed by atoms with Crippen LogP contribution in [0, 0.1) is 0 Å². The Balaban J connectivity index is 2.76. The molecule has 0 bridgehead atoms. The highest BCUT2D eigenvalue weighted by atomic mass is 35.5. The number of hydrogen-bond donors (Lipinski definition) is 2. The van der Waals surface area contributed by atoms with Crippen LogP contribution < -0.4 is 10.6 Å². The van der Waals surface area contributed by atoms with E-state index in [2.05, 4.69) is 0 Å². The van der Waals surface area contributed by atoms with Crippen molar-refractivity contribution in [2.45, 2.75) is 6.04 Å². The first-order valence-corrected chi connectivity index (χ1v) is 5.32. The summed E-state index contributed by atoms with van der Waals surface area (Å²) < 4.78 is 0. The number of halogens is 2. The van der Waals surface area contributed by atoms with Crippen molar-refractivity contribution in [1.82, 2.24) is 0 Å². The molecule has 1 rings (SSSR count). The SMILES string of the molecule is CN(CC(N)C(=O)O)c1ccc(Cl)c(Cl)c1. The number of carboxylic acid groups (broad SMARTS) is 1. The predicted octanol–water partition coefficient (Wildman–Crippen LogP) is 1.84. The molecule has 6 heteroatoms. The number of rotatable bonds is 4. The molecule has 88 valence electrons. The first-order valence-electron chi connectivity index (χ1n) is 4.56. The van der Waals surface area contributed by atoms with E-state index in [9.17, 15) is 4.79 Å². The molecule has 0 heterocycles. The minimum absolute atomic E-state index is 0.202. The third-order valence-corrected chi connectivity index (χ3v) is 2.87. The molecular weight excluding hydrogens is 251 g/mol. The van der Waals surface area contributed by atoms with Crippen molar-refractivity contribution in [3.8, 4) is 0 Å². The second-order valence-corrected chi connectivity index (χ2v) is 4.24. The molecule has 0 radical (unpaired) electrons. The Morgan fingerprint density at radius 2 is 2.12 bits per heavy atom. The summed E-state index contributed by atoms with van der Waals surface area (Å²) in [5.74, 6) is -1.04. The van der Waals surface area contributed by atoms with Gasteiger partial charge in [0.05, 0.1) is 10.0 Å². The van der Waals surface area contributed by atoms with Crippen molar-refractivity contribution in [3.63, 3.8) is 0 Å². The molecule has 0 aliphatic carbocycles. The zero-order valence-electron chi connectivity index (χ0n) is 8.65. The Hall–Kier alpha value is -0.970. The minimum atomic E-state index is -1.04. The number of anilines is 1. The first-order chi connectivity index (χ1) is 7.41. The largest absolute Gasteiger partial charge is 0.480 e. The van der Waals surface area contributed by atoms with Crippen molar-refractivity contribution < 1.29 is 9.90 Å². The maximum Gasteiger partial charge on any atom is 0.322 e. The lowest BCUT2D eigenvalue weighted by atomic mass is 10.2. The van der Waals surface area contributed by atoms with E-state index in [0.717, 1.165) is 5.69 Å². The van der Waals surface area contributed by atoms with E-state index in [1.807, 2.05) is 0 Å². The molecule has 0 aromatic heterocycles. The van der Waals surface area contributed by atoms with E-state index in [0.29, 0.717) is 10.0 Å². The predicted molar refractivity (Wildman–Crippen MR) is 65.3 cm³/mol. The molecule has 0 spiro atoms. The van der Waals surface area contributed by atoms with Gasteiger partial charge in [-0.25, -0.2) is 0 Å². The zero-order valence-corrected chi connectivity index (χ0v) is 10.2. The van der Waals surface area contributed by atoms with E-state index in [-0.39, 0.29) is 6.54 Å². The molecule has 1 unspecified atom stereocenters. The van der Waals surface area contributed by atoms with Gasteiger partial charge in [0.15, 0.2) is 0 Å². The van der Waals surface area contributed by atoms with Gasteiger partial charge in [0.25, 0.3) is 0 Å². The van der Waals surface area contributed by atoms with Gasteiger partial charge in [-0.2, -0.15) is 0 Å². The molecule has 0 amide bonds. The number of nitrogens with zero attached hydrogens (tertiary/aromatic N) is 1. The Morgan fingerprint density at radius 3 is 2.62 bits per heavy atom. The van der Waals surface area contributed by atoms with Gasteiger partial charge in [-0.1, -0.05) is 23.2 Å². The zero-order chi connectivity index (χ0) is 12.3. The maximum atomic E-state index is 10.6. The fraction of sp³-hybridized carbons (Fsp3) is 0.300. The van der Waals surface area contributed by atoms with Gasteiger partial charge in [0, 0.05) is 19.3 Å². The van der Waals surface area contributed by atoms with Crippen molar-refractivity contribution in [2.24, 2.45) is 5.73 Å². The highest BCUT2D eigenvalue weighted by molar-refractivity contribution is 6.42. The molecule has 16 heavy (non-hydrogen) atoms. The minimum Gasteiger partial charge on any atom is -0.480 e. The smallest absolute Gasteiger partial charge is 0.322 e. The average Bonchev–Trinajstić information content (AvgIpc) is 2.21. The van der Waals surface area contributed by atoms with Gasteiger partial charge < -0.3 is 15.7 Å². The standard InChI is InChI=1S/C10H12Cl2N2O2/c1-14(5-9(13)10(15)16)6-2-3-7(11)8(12)4-6/h2-4,9H,5,13H2,1H3,(H,15,16). The summed E-state index contributed by atoms with van der Waals surface area (Å²) in [7, 11) is 1.74. The van der Waals surface area contributed by atoms with Crippen LogP contribution >= 0.6 is 23.2 Å². The maximum absolute atomic E-state index is 10.6. The lowest BCUT2D eigenvalue weighted by Crippen LogP contribution is -2.41. The van der Waals surface area contributed by atoms with Gasteiger partial charge >= 0.3 is 5.97 Å². The number of carbonyl (C=O) groups is 1. The van der Waals surface area contributed by atoms with Crippen LogP contribution in [-0.4, -0.2) is 30.7 Å². The number of aliphatic carboxylic acids is 1. The summed E-state index contributed by atoms with van der Waals surface area (Å²) >= 11 is 11.6. The Kier molecular flexibility index (Phi) is 4.41. The van der Waals surface area contributed by atoms with Gasteiger partial charge in [0.1, 0.15) is 6.04 Å². The Morgan fingerprint density at radius 1 is 1.50 bits per heavy atom. The van der Waals surface area contributed by atoms with Crippen LogP contribution in [0.15, 0.2) is 18.2 Å². The summed E-state index contributed by atoms with van der Waals surface area (Å²) in [6.45, 7) is 0.202. The number of hydrogen-bond acceptors (Lipinski definition) is 3. The average molecular weight is 263 g/mol. The quantitative estimate of drug-likeness (QED) is 0.869. The van der Waals surface area contributed by atoms with E-state index < -0.39 is 12.0 Å². The summed E-state index contributed by atoms with van der Waals surface area (Å²) in [6, 6.07) is 4.14. The fourth-order valence-electron chi connectivity index (χ4n) is 1.20. The van der Waals surface area contributed by atoms with Crippen LogP contribution in [0.1, 0.15) is 0 Å². The molecule has 0 saturated carbocycles. The molecule has 1 aromatic carbocycles. The van der Waals surface area contributed by atoms with Gasteiger partial charge in [-0.3, -0.25) is 4.79 Å². The Bertz CT molecular complexity index is 398. The molecular formula is C10H12Cl2N2O2. The lowest BCUT2D eigenvalue weighted by molar-refractivity contribution is -0.138. The number of likely N-dealkylation sites (N-methyl/N-ethyl adjacent to an activating group) is 1. The van der Waals surface area contributed by atoms with E-state index >= 15 is 0 Å². The van der Waals surface area contributed by atoms with Crippen molar-refractivity contribution in [3.05, 3.63) is 28.2 Å². The summed E-state index contributed by atoms with van der Waals surface area (Å²) in [5, 5.41) is 9.56. The van der Waals surface area contributed by atoms with Gasteiger partial charge in [-0.05, 0) is 18.2 Å². The Labute approximate surface area is 104 Å². The van der Waals surface area contributed by atoms with Gasteiger partial charge in [-0.15, -0.1) is 0 Å². The molecule has 0 aliphatic heterocycles. The lowest BCUT2D eigenvalue weighted by Gasteiger charge is -2.21. The van der Waals surface area contributed by atoms with E-state index in [1.165, 1.54) is 0 Å². The number of benzene rings is 1. The molecule has 4 nitrogen and oxygen atoms in total. The molecule has 1 atom stereocenters. The van der Waals surface area contributed by atoms with Crippen LogP contribution in [0.3, 0.4) is 0 Å². The van der Waals surface area contributed by atoms with Crippen LogP contribution in [0.2, 0.25) is 10.0 Å². The third kappa shape index (κ3) is 3.27. The van der Waals surface area contributed by atoms with E-state index in [4.69, 9.17) is 34.0 Å². The number of carboxylic acids is 1. The number of nitrogens with two attached hydrogens (primary N) is 1. The van der Waals surface area contributed by atoms with Gasteiger partial charge in [0.2, 0.25) is 0 Å².